The summed E-state index contributed by atoms with van der Waals surface area (Å²) in [5.41, 5.74) is 0.573. The highest BCUT2D eigenvalue weighted by atomic mass is 32.2. The van der Waals surface area contributed by atoms with Crippen LogP contribution in [0, 0.1) is 5.92 Å². The van der Waals surface area contributed by atoms with Crippen LogP contribution in [0.15, 0.2) is 24.3 Å². The summed E-state index contributed by atoms with van der Waals surface area (Å²) >= 11 is 0. The third kappa shape index (κ3) is 8.10. The van der Waals surface area contributed by atoms with Crippen LogP contribution in [0.2, 0.25) is 0 Å². The third-order valence-electron chi connectivity index (χ3n) is 4.61. The minimum Gasteiger partial charge on any atom is -0.494 e. The second-order valence-corrected chi connectivity index (χ2v) is 8.68. The Kier molecular flexibility index (Phi) is 8.55. The molecule has 0 spiro atoms. The van der Waals surface area contributed by atoms with E-state index in [2.05, 4.69) is 10.0 Å². The van der Waals surface area contributed by atoms with Gasteiger partial charge in [-0.25, -0.2) is 8.42 Å². The molecular formula is C19H32N2O3S. The van der Waals surface area contributed by atoms with Crippen molar-refractivity contribution in [1.82, 2.24) is 5.32 Å². The van der Waals surface area contributed by atoms with Crippen LogP contribution in [0.4, 0.5) is 5.69 Å². The molecule has 5 nitrogen and oxygen atoms in total. The van der Waals surface area contributed by atoms with E-state index in [1.165, 1.54) is 25.7 Å². The quantitative estimate of drug-likeness (QED) is 0.583. The molecule has 2 N–H and O–H groups in total. The van der Waals surface area contributed by atoms with Gasteiger partial charge in [-0.3, -0.25) is 4.72 Å². The lowest BCUT2D eigenvalue weighted by molar-refractivity contribution is 0.287. The highest BCUT2D eigenvalue weighted by molar-refractivity contribution is 7.92. The van der Waals surface area contributed by atoms with Crippen molar-refractivity contribution in [3.05, 3.63) is 24.3 Å². The average molecular weight is 369 g/mol. The van der Waals surface area contributed by atoms with Crippen LogP contribution in [0.5, 0.6) is 5.75 Å². The van der Waals surface area contributed by atoms with Crippen LogP contribution in [0.3, 0.4) is 0 Å². The minimum atomic E-state index is -3.27. The summed E-state index contributed by atoms with van der Waals surface area (Å²) < 4.78 is 32.3. The minimum absolute atomic E-state index is 0.158. The SMILES string of the molecule is CCCCS(=O)(=O)Nc1cccc(OCCCCC2CCNCC2)c1. The average Bonchev–Trinajstić information content (AvgIpc) is 2.61. The summed E-state index contributed by atoms with van der Waals surface area (Å²) in [6, 6.07) is 7.21. The number of benzene rings is 1. The van der Waals surface area contributed by atoms with Gasteiger partial charge < -0.3 is 10.1 Å². The van der Waals surface area contributed by atoms with Gasteiger partial charge in [0.25, 0.3) is 0 Å². The highest BCUT2D eigenvalue weighted by Crippen LogP contribution is 2.21. The summed E-state index contributed by atoms with van der Waals surface area (Å²) in [6.07, 6.45) is 7.62. The summed E-state index contributed by atoms with van der Waals surface area (Å²) in [7, 11) is -3.27. The first kappa shape index (κ1) is 20.0. The summed E-state index contributed by atoms with van der Waals surface area (Å²) in [4.78, 5) is 0. The van der Waals surface area contributed by atoms with Crippen molar-refractivity contribution in [3.63, 3.8) is 0 Å². The standard InChI is InChI=1S/C19H32N2O3S/c1-2-3-15-25(22,23)21-18-8-6-9-19(16-18)24-14-5-4-7-17-10-12-20-13-11-17/h6,8-9,16-17,20-21H,2-5,7,10-15H2,1H3. The zero-order valence-electron chi connectivity index (χ0n) is 15.3. The Morgan fingerprint density at radius 2 is 2.00 bits per heavy atom. The molecule has 25 heavy (non-hydrogen) atoms. The van der Waals surface area contributed by atoms with E-state index < -0.39 is 10.0 Å². The number of ether oxygens (including phenoxy) is 1. The van der Waals surface area contributed by atoms with E-state index in [1.54, 1.807) is 12.1 Å². The topological polar surface area (TPSA) is 67.4 Å². The Morgan fingerprint density at radius 1 is 1.20 bits per heavy atom. The number of anilines is 1. The van der Waals surface area contributed by atoms with E-state index in [-0.39, 0.29) is 5.75 Å². The van der Waals surface area contributed by atoms with Crippen molar-refractivity contribution in [2.45, 2.75) is 51.9 Å². The van der Waals surface area contributed by atoms with E-state index in [4.69, 9.17) is 4.74 Å². The fraction of sp³-hybridized carbons (Fsp3) is 0.684. The van der Waals surface area contributed by atoms with Crippen LogP contribution in [-0.4, -0.2) is 33.9 Å². The van der Waals surface area contributed by atoms with Crippen LogP contribution in [0.1, 0.15) is 51.9 Å². The number of rotatable bonds is 11. The molecule has 0 atom stereocenters. The zero-order chi connectivity index (χ0) is 18.0. The number of sulfonamides is 1. The second-order valence-electron chi connectivity index (χ2n) is 6.84. The lowest BCUT2D eigenvalue weighted by atomic mass is 9.93. The van der Waals surface area contributed by atoms with Gasteiger partial charge in [0.05, 0.1) is 18.0 Å². The van der Waals surface area contributed by atoms with Crippen molar-refractivity contribution >= 4 is 15.7 Å². The van der Waals surface area contributed by atoms with Crippen molar-refractivity contribution in [3.8, 4) is 5.75 Å². The van der Waals surface area contributed by atoms with Crippen molar-refractivity contribution in [2.75, 3.05) is 30.2 Å². The fourth-order valence-electron chi connectivity index (χ4n) is 3.11. The van der Waals surface area contributed by atoms with Crippen LogP contribution >= 0.6 is 0 Å². The van der Waals surface area contributed by atoms with Gasteiger partial charge in [0, 0.05) is 6.07 Å². The molecule has 0 aliphatic carbocycles. The molecule has 2 rings (SSSR count). The lowest BCUT2D eigenvalue weighted by Crippen LogP contribution is -2.27. The number of piperidine rings is 1. The van der Waals surface area contributed by atoms with Crippen molar-refractivity contribution in [2.24, 2.45) is 5.92 Å². The van der Waals surface area contributed by atoms with Gasteiger partial charge in [0.1, 0.15) is 5.75 Å². The number of unbranched alkanes of at least 4 members (excludes halogenated alkanes) is 2. The molecule has 0 saturated carbocycles. The van der Waals surface area contributed by atoms with Gasteiger partial charge in [0.2, 0.25) is 10.0 Å². The molecule has 0 unspecified atom stereocenters. The molecule has 142 valence electrons. The van der Waals surface area contributed by atoms with Crippen molar-refractivity contribution in [1.29, 1.82) is 0 Å². The first-order valence-electron chi connectivity index (χ1n) is 9.53. The Labute approximate surface area is 152 Å². The fourth-order valence-corrected chi connectivity index (χ4v) is 4.37. The molecule has 0 amide bonds. The van der Waals surface area contributed by atoms with E-state index in [0.29, 0.717) is 18.7 Å². The predicted octanol–water partition coefficient (Wildman–Crippen LogP) is 3.78. The maximum Gasteiger partial charge on any atom is 0.232 e. The van der Waals surface area contributed by atoms with Gasteiger partial charge in [-0.1, -0.05) is 25.8 Å². The van der Waals surface area contributed by atoms with Gasteiger partial charge in [0.15, 0.2) is 0 Å². The van der Waals surface area contributed by atoms with Gasteiger partial charge in [-0.15, -0.1) is 0 Å². The normalized spacial score (nSPS) is 15.9. The molecule has 0 aromatic heterocycles. The molecule has 1 aromatic carbocycles. The zero-order valence-corrected chi connectivity index (χ0v) is 16.1. The second kappa shape index (κ2) is 10.7. The molecule has 0 bridgehead atoms. The smallest absolute Gasteiger partial charge is 0.232 e. The maximum atomic E-state index is 12.0. The van der Waals surface area contributed by atoms with Gasteiger partial charge in [-0.2, -0.15) is 0 Å². The third-order valence-corrected chi connectivity index (χ3v) is 5.98. The molecule has 1 saturated heterocycles. The Morgan fingerprint density at radius 3 is 2.76 bits per heavy atom. The Bertz CT molecular complexity index is 598. The Balaban J connectivity index is 1.70. The Hall–Kier alpha value is -1.27. The summed E-state index contributed by atoms with van der Waals surface area (Å²) in [6.45, 7) is 4.97. The molecule has 1 aliphatic rings. The molecule has 1 heterocycles. The van der Waals surface area contributed by atoms with E-state index >= 15 is 0 Å². The van der Waals surface area contributed by atoms with Crippen LogP contribution < -0.4 is 14.8 Å². The molecular weight excluding hydrogens is 336 g/mol. The molecule has 1 aliphatic heterocycles. The van der Waals surface area contributed by atoms with E-state index in [9.17, 15) is 8.42 Å². The molecule has 6 heteroatoms. The van der Waals surface area contributed by atoms with Gasteiger partial charge >= 0.3 is 0 Å². The molecule has 1 aromatic rings. The van der Waals surface area contributed by atoms with Crippen LogP contribution in [0.25, 0.3) is 0 Å². The molecule has 1 fully saturated rings. The van der Waals surface area contributed by atoms with E-state index in [1.807, 2.05) is 19.1 Å². The summed E-state index contributed by atoms with van der Waals surface area (Å²) in [5.74, 6) is 1.74. The number of hydrogen-bond acceptors (Lipinski definition) is 4. The summed E-state index contributed by atoms with van der Waals surface area (Å²) in [5, 5.41) is 3.40. The van der Waals surface area contributed by atoms with E-state index in [0.717, 1.165) is 37.6 Å². The molecule has 0 radical (unpaired) electrons. The predicted molar refractivity (Wildman–Crippen MR) is 104 cm³/mol. The highest BCUT2D eigenvalue weighted by Gasteiger charge is 2.12. The first-order chi connectivity index (χ1) is 12.1. The maximum absolute atomic E-state index is 12.0. The lowest BCUT2D eigenvalue weighted by Gasteiger charge is -2.22. The van der Waals surface area contributed by atoms with Crippen molar-refractivity contribution < 1.29 is 13.2 Å². The van der Waals surface area contributed by atoms with Gasteiger partial charge in [-0.05, 0) is 63.2 Å². The first-order valence-corrected chi connectivity index (χ1v) is 11.2. The number of nitrogens with one attached hydrogen (secondary N) is 2. The number of hydrogen-bond donors (Lipinski definition) is 2. The monoisotopic (exact) mass is 368 g/mol. The largest absolute Gasteiger partial charge is 0.494 e. The van der Waals surface area contributed by atoms with Crippen LogP contribution in [-0.2, 0) is 10.0 Å².